The van der Waals surface area contributed by atoms with Gasteiger partial charge in [-0.1, -0.05) is 6.92 Å². The van der Waals surface area contributed by atoms with Gasteiger partial charge in [0, 0.05) is 0 Å². The lowest BCUT2D eigenvalue weighted by Crippen LogP contribution is -2.21. The topological polar surface area (TPSA) is 58.7 Å². The van der Waals surface area contributed by atoms with Gasteiger partial charge in [0.15, 0.2) is 0 Å². The zero-order chi connectivity index (χ0) is 9.68. The molecule has 0 aromatic carbocycles. The van der Waals surface area contributed by atoms with Gasteiger partial charge in [-0.2, -0.15) is 5.26 Å². The van der Waals surface area contributed by atoms with E-state index in [0.717, 1.165) is 5.75 Å². The van der Waals surface area contributed by atoms with E-state index < -0.39 is 0 Å². The van der Waals surface area contributed by atoms with Crippen LogP contribution in [0.15, 0.2) is 17.3 Å². The van der Waals surface area contributed by atoms with E-state index in [4.69, 9.17) is 5.26 Å². The van der Waals surface area contributed by atoms with Gasteiger partial charge in [-0.25, -0.2) is 4.98 Å². The molecular formula is C8H9N3OS. The summed E-state index contributed by atoms with van der Waals surface area (Å²) in [7, 11) is 0. The zero-order valence-corrected chi connectivity index (χ0v) is 8.04. The Hall–Kier alpha value is -1.28. The van der Waals surface area contributed by atoms with Crippen LogP contribution in [0.2, 0.25) is 0 Å². The first kappa shape index (κ1) is 9.81. The normalized spacial score (nSPS) is 9.54. The van der Waals surface area contributed by atoms with Crippen LogP contribution in [-0.4, -0.2) is 15.3 Å². The number of nitrogens with zero attached hydrogens (tertiary/aromatic N) is 3. The van der Waals surface area contributed by atoms with E-state index in [1.54, 1.807) is 17.8 Å². The van der Waals surface area contributed by atoms with Crippen molar-refractivity contribution >= 4 is 11.8 Å². The lowest BCUT2D eigenvalue weighted by Gasteiger charge is -2.02. The average molecular weight is 195 g/mol. The van der Waals surface area contributed by atoms with E-state index in [-0.39, 0.29) is 11.1 Å². The second kappa shape index (κ2) is 4.67. The van der Waals surface area contributed by atoms with Crippen LogP contribution >= 0.6 is 11.8 Å². The maximum Gasteiger partial charge on any atom is 0.271 e. The minimum atomic E-state index is -0.265. The summed E-state index contributed by atoms with van der Waals surface area (Å²) in [5, 5.41) is 8.56. The molecule has 68 valence electrons. The summed E-state index contributed by atoms with van der Waals surface area (Å²) >= 11 is 1.61. The number of aromatic nitrogens is 2. The maximum absolute atomic E-state index is 11.4. The predicted molar refractivity (Wildman–Crippen MR) is 51.3 cm³/mol. The molecule has 1 aromatic heterocycles. The highest BCUT2D eigenvalue weighted by Crippen LogP contribution is 2.00. The first-order valence-corrected chi connectivity index (χ1v) is 4.97. The largest absolute Gasteiger partial charge is 0.288 e. The summed E-state index contributed by atoms with van der Waals surface area (Å²) in [4.78, 5) is 15.2. The van der Waals surface area contributed by atoms with Crippen LogP contribution in [0.4, 0.5) is 0 Å². The highest BCUT2D eigenvalue weighted by atomic mass is 32.2. The maximum atomic E-state index is 11.4. The standard InChI is InChI=1S/C8H9N3OS/c1-2-13-6-11-5-10-4-7(3-9)8(11)12/h4-5H,2,6H2,1H3. The van der Waals surface area contributed by atoms with E-state index >= 15 is 0 Å². The van der Waals surface area contributed by atoms with Crippen LogP contribution in [0.25, 0.3) is 0 Å². The third-order valence-corrected chi connectivity index (χ3v) is 2.32. The van der Waals surface area contributed by atoms with Crippen molar-refractivity contribution in [2.24, 2.45) is 0 Å². The lowest BCUT2D eigenvalue weighted by atomic mass is 10.4. The number of thioether (sulfide) groups is 1. The Labute approximate surface area is 80.2 Å². The van der Waals surface area contributed by atoms with Crippen LogP contribution in [-0.2, 0) is 5.88 Å². The number of rotatable bonds is 3. The molecule has 0 saturated carbocycles. The van der Waals surface area contributed by atoms with Gasteiger partial charge in [0.1, 0.15) is 11.6 Å². The molecule has 0 N–H and O–H groups in total. The molecule has 1 heterocycles. The molecule has 0 atom stereocenters. The Balaban J connectivity index is 2.97. The molecule has 0 spiro atoms. The van der Waals surface area contributed by atoms with E-state index in [1.807, 2.05) is 6.92 Å². The van der Waals surface area contributed by atoms with Crippen LogP contribution in [0, 0.1) is 11.3 Å². The Kier molecular flexibility index (Phi) is 3.53. The van der Waals surface area contributed by atoms with Crippen molar-refractivity contribution in [3.63, 3.8) is 0 Å². The quantitative estimate of drug-likeness (QED) is 0.716. The smallest absolute Gasteiger partial charge is 0.271 e. The third kappa shape index (κ3) is 2.33. The first-order valence-electron chi connectivity index (χ1n) is 3.82. The molecule has 1 rings (SSSR count). The fourth-order valence-corrected chi connectivity index (χ4v) is 1.37. The molecule has 0 aliphatic rings. The fourth-order valence-electron chi connectivity index (χ4n) is 0.809. The average Bonchev–Trinajstić information content (AvgIpc) is 2.16. The van der Waals surface area contributed by atoms with Gasteiger partial charge in [-0.3, -0.25) is 9.36 Å². The summed E-state index contributed by atoms with van der Waals surface area (Å²) < 4.78 is 1.44. The molecular weight excluding hydrogens is 186 g/mol. The molecule has 0 unspecified atom stereocenters. The van der Waals surface area contributed by atoms with Gasteiger partial charge in [-0.15, -0.1) is 11.8 Å². The second-order valence-corrected chi connectivity index (χ2v) is 3.56. The Morgan fingerprint density at radius 1 is 1.77 bits per heavy atom. The Morgan fingerprint density at radius 2 is 2.54 bits per heavy atom. The molecule has 0 radical (unpaired) electrons. The van der Waals surface area contributed by atoms with Crippen molar-refractivity contribution in [2.75, 3.05) is 5.75 Å². The van der Waals surface area contributed by atoms with Crippen LogP contribution in [0.1, 0.15) is 12.5 Å². The first-order chi connectivity index (χ1) is 6.29. The Bertz CT molecular complexity index is 380. The monoisotopic (exact) mass is 195 g/mol. The molecule has 0 amide bonds. The molecule has 0 fully saturated rings. The lowest BCUT2D eigenvalue weighted by molar-refractivity contribution is 0.801. The van der Waals surface area contributed by atoms with Gasteiger partial charge >= 0.3 is 0 Å². The minimum absolute atomic E-state index is 0.0965. The van der Waals surface area contributed by atoms with Crippen molar-refractivity contribution in [1.82, 2.24) is 9.55 Å². The highest BCUT2D eigenvalue weighted by molar-refractivity contribution is 7.98. The van der Waals surface area contributed by atoms with Crippen molar-refractivity contribution in [2.45, 2.75) is 12.8 Å². The highest BCUT2D eigenvalue weighted by Gasteiger charge is 2.01. The second-order valence-electron chi connectivity index (χ2n) is 2.32. The van der Waals surface area contributed by atoms with E-state index in [2.05, 4.69) is 4.98 Å². The summed E-state index contributed by atoms with van der Waals surface area (Å²) in [6, 6.07) is 1.81. The number of hydrogen-bond acceptors (Lipinski definition) is 4. The van der Waals surface area contributed by atoms with Crippen molar-refractivity contribution in [3.8, 4) is 6.07 Å². The van der Waals surface area contributed by atoms with Crippen molar-refractivity contribution in [3.05, 3.63) is 28.4 Å². The number of hydrogen-bond donors (Lipinski definition) is 0. The SMILES string of the molecule is CCSCn1cncc(C#N)c1=O. The third-order valence-electron chi connectivity index (χ3n) is 1.46. The molecule has 0 saturated heterocycles. The van der Waals surface area contributed by atoms with Gasteiger partial charge in [0.25, 0.3) is 5.56 Å². The van der Waals surface area contributed by atoms with E-state index in [1.165, 1.54) is 17.1 Å². The van der Waals surface area contributed by atoms with Gasteiger partial charge in [0.2, 0.25) is 0 Å². The van der Waals surface area contributed by atoms with Gasteiger partial charge in [-0.05, 0) is 5.75 Å². The summed E-state index contributed by atoms with van der Waals surface area (Å²) in [6.45, 7) is 2.01. The Morgan fingerprint density at radius 3 is 3.15 bits per heavy atom. The van der Waals surface area contributed by atoms with Crippen LogP contribution in [0.5, 0.6) is 0 Å². The molecule has 4 nitrogen and oxygen atoms in total. The van der Waals surface area contributed by atoms with Crippen molar-refractivity contribution < 1.29 is 0 Å². The number of nitriles is 1. The molecule has 0 aliphatic carbocycles. The fraction of sp³-hybridized carbons (Fsp3) is 0.375. The van der Waals surface area contributed by atoms with Gasteiger partial charge < -0.3 is 0 Å². The molecule has 0 aliphatic heterocycles. The molecule has 0 bridgehead atoms. The summed E-state index contributed by atoms with van der Waals surface area (Å²) in [5.41, 5.74) is -0.169. The van der Waals surface area contributed by atoms with E-state index in [0.29, 0.717) is 5.88 Å². The summed E-state index contributed by atoms with van der Waals surface area (Å²) in [6.07, 6.45) is 2.74. The zero-order valence-electron chi connectivity index (χ0n) is 7.23. The molecule has 1 aromatic rings. The molecule has 5 heteroatoms. The predicted octanol–water partition coefficient (Wildman–Crippen LogP) is 0.826. The molecule has 13 heavy (non-hydrogen) atoms. The van der Waals surface area contributed by atoms with Crippen molar-refractivity contribution in [1.29, 1.82) is 5.26 Å². The van der Waals surface area contributed by atoms with E-state index in [9.17, 15) is 4.79 Å². The van der Waals surface area contributed by atoms with Crippen LogP contribution < -0.4 is 5.56 Å². The van der Waals surface area contributed by atoms with Gasteiger partial charge in [0.05, 0.1) is 18.4 Å². The van der Waals surface area contributed by atoms with Crippen LogP contribution in [0.3, 0.4) is 0 Å². The minimum Gasteiger partial charge on any atom is -0.288 e. The summed E-state index contributed by atoms with van der Waals surface area (Å²) in [5.74, 6) is 1.49.